The average Bonchev–Trinajstić information content (AvgIpc) is 2.82. The highest BCUT2D eigenvalue weighted by Crippen LogP contribution is 2.32. The van der Waals surface area contributed by atoms with Crippen LogP contribution in [-0.2, 0) is 32.1 Å². The van der Waals surface area contributed by atoms with E-state index in [0.29, 0.717) is 22.7 Å². The van der Waals surface area contributed by atoms with E-state index in [-0.39, 0.29) is 18.1 Å². The topological polar surface area (TPSA) is 113 Å². The first-order valence-corrected chi connectivity index (χ1v) is 11.1. The molecule has 3 rings (SSSR count). The Balaban J connectivity index is 1.83. The van der Waals surface area contributed by atoms with Gasteiger partial charge in [0.05, 0.1) is 22.2 Å². The number of nitrogens with zero attached hydrogens (tertiary/aromatic N) is 1. The number of nitrogens with one attached hydrogen (secondary N) is 1. The summed E-state index contributed by atoms with van der Waals surface area (Å²) in [6, 6.07) is 9.03. The van der Waals surface area contributed by atoms with Crippen LogP contribution in [0, 0.1) is 0 Å². The van der Waals surface area contributed by atoms with Gasteiger partial charge >= 0.3 is 12.1 Å². The van der Waals surface area contributed by atoms with E-state index < -0.39 is 48.9 Å². The number of carbonyl (C=O) groups is 4. The number of benzene rings is 2. The molecule has 0 aliphatic carbocycles. The van der Waals surface area contributed by atoms with Crippen LogP contribution in [0.25, 0.3) is 0 Å². The van der Waals surface area contributed by atoms with E-state index in [1.54, 1.807) is 36.4 Å². The third-order valence-electron chi connectivity index (χ3n) is 5.31. The molecule has 8 nitrogen and oxygen atoms in total. The first kappa shape index (κ1) is 25.5. The van der Waals surface area contributed by atoms with Gasteiger partial charge in [0.2, 0.25) is 5.91 Å². The van der Waals surface area contributed by atoms with Crippen LogP contribution in [0.3, 0.4) is 0 Å². The van der Waals surface area contributed by atoms with Crippen LogP contribution in [0.5, 0.6) is 0 Å². The van der Waals surface area contributed by atoms with Crippen LogP contribution in [0.2, 0.25) is 10.0 Å². The maximum absolute atomic E-state index is 13.1. The Kier molecular flexibility index (Phi) is 8.46. The maximum atomic E-state index is 13.1. The highest BCUT2D eigenvalue weighted by atomic mass is 35.5. The number of amides is 2. The van der Waals surface area contributed by atoms with Crippen molar-refractivity contribution in [1.82, 2.24) is 5.32 Å². The molecule has 180 valence electrons. The number of aliphatic carboxylic acids is 1. The minimum Gasteiger partial charge on any atom is -0.481 e. The lowest BCUT2D eigenvalue weighted by molar-refractivity contribution is -0.140. The summed E-state index contributed by atoms with van der Waals surface area (Å²) in [5.74, 6) is -3.23. The smallest absolute Gasteiger partial charge is 0.415 e. The van der Waals surface area contributed by atoms with E-state index in [4.69, 9.17) is 33.0 Å². The summed E-state index contributed by atoms with van der Waals surface area (Å²) in [6.45, 7) is -1.58. The monoisotopic (exact) mass is 510 g/mol. The van der Waals surface area contributed by atoms with E-state index >= 15 is 0 Å². The fourth-order valence-corrected chi connectivity index (χ4v) is 3.97. The van der Waals surface area contributed by atoms with Crippen LogP contribution < -0.4 is 10.2 Å². The van der Waals surface area contributed by atoms with Gasteiger partial charge in [-0.05, 0) is 42.2 Å². The number of para-hydroxylation sites is 1. The number of halogens is 3. The molecule has 0 spiro atoms. The number of Topliss-reactive ketones (excluding diaryl/α,β-unsaturated/α-hetero) is 1. The first-order chi connectivity index (χ1) is 16.2. The van der Waals surface area contributed by atoms with Gasteiger partial charge in [-0.3, -0.25) is 19.3 Å². The second kappa shape index (κ2) is 11.3. The lowest BCUT2D eigenvalue weighted by Crippen LogP contribution is -2.55. The van der Waals surface area contributed by atoms with Crippen LogP contribution in [0.4, 0.5) is 14.9 Å². The van der Waals surface area contributed by atoms with Gasteiger partial charge in [0, 0.05) is 0 Å². The Bertz CT molecular complexity index is 1110. The fourth-order valence-electron chi connectivity index (χ4n) is 3.65. The van der Waals surface area contributed by atoms with E-state index in [9.17, 15) is 23.6 Å². The highest BCUT2D eigenvalue weighted by molar-refractivity contribution is 6.42. The van der Waals surface area contributed by atoms with Crippen molar-refractivity contribution < 1.29 is 33.4 Å². The molecule has 0 saturated heterocycles. The van der Waals surface area contributed by atoms with Gasteiger partial charge in [-0.15, -0.1) is 0 Å². The molecule has 1 aliphatic rings. The van der Waals surface area contributed by atoms with Gasteiger partial charge in [-0.1, -0.05) is 47.5 Å². The van der Waals surface area contributed by atoms with Crippen molar-refractivity contribution in [3.8, 4) is 0 Å². The zero-order valence-electron chi connectivity index (χ0n) is 17.8. The van der Waals surface area contributed by atoms with E-state index in [0.717, 1.165) is 10.5 Å². The van der Waals surface area contributed by atoms with Crippen molar-refractivity contribution in [3.05, 3.63) is 63.6 Å². The van der Waals surface area contributed by atoms with Crippen LogP contribution in [0.15, 0.2) is 42.5 Å². The van der Waals surface area contributed by atoms with Gasteiger partial charge in [-0.25, -0.2) is 9.18 Å². The third-order valence-corrected chi connectivity index (χ3v) is 6.05. The largest absolute Gasteiger partial charge is 0.481 e. The van der Waals surface area contributed by atoms with Gasteiger partial charge in [-0.2, -0.15) is 0 Å². The molecular formula is C23H21Cl2FN2O6. The van der Waals surface area contributed by atoms with Gasteiger partial charge in [0.1, 0.15) is 25.4 Å². The molecule has 0 radical (unpaired) electrons. The zero-order chi connectivity index (χ0) is 24.8. The molecule has 0 fully saturated rings. The number of anilines is 1. The van der Waals surface area contributed by atoms with Gasteiger partial charge < -0.3 is 15.2 Å². The minimum atomic E-state index is -1.55. The normalized spacial score (nSPS) is 15.7. The molecule has 1 aliphatic heterocycles. The summed E-state index contributed by atoms with van der Waals surface area (Å²) in [6.07, 6.45) is -0.968. The molecule has 2 aromatic rings. The number of rotatable bonds is 8. The lowest BCUT2D eigenvalue weighted by Gasteiger charge is -2.36. The number of ketones is 1. The number of aryl methyl sites for hydroxylation is 1. The predicted octanol–water partition coefficient (Wildman–Crippen LogP) is 3.95. The Morgan fingerprint density at radius 1 is 1.15 bits per heavy atom. The van der Waals surface area contributed by atoms with Crippen LogP contribution >= 0.6 is 23.2 Å². The molecule has 2 amide bonds. The summed E-state index contributed by atoms with van der Waals surface area (Å²) in [5, 5.41) is 11.9. The van der Waals surface area contributed by atoms with E-state index in [1.807, 2.05) is 6.07 Å². The quantitative estimate of drug-likeness (QED) is 0.555. The first-order valence-electron chi connectivity index (χ1n) is 10.3. The zero-order valence-corrected chi connectivity index (χ0v) is 19.3. The number of carbonyl (C=O) groups excluding carboxylic acids is 3. The Hall–Kier alpha value is -3.17. The molecule has 1 heterocycles. The standard InChI is InChI=1S/C23H21Cl2FN2O6/c24-15-7-5-13(9-16(15)25)12-34-23(33)28-18-4-2-1-3-14(18)6-8-19(28)22(32)27-17(10-21(30)31)20(29)11-26/h1-5,7,9,17,19H,6,8,10-12H2,(H,27,32)(H,30,31)/t17?,19-/m0/s1. The molecule has 0 aromatic heterocycles. The second-order valence-electron chi connectivity index (χ2n) is 7.62. The predicted molar refractivity (Wildman–Crippen MR) is 123 cm³/mol. The summed E-state index contributed by atoms with van der Waals surface area (Å²) in [4.78, 5) is 50.2. The average molecular weight is 511 g/mol. The molecule has 0 saturated carbocycles. The number of hydrogen-bond acceptors (Lipinski definition) is 5. The second-order valence-corrected chi connectivity index (χ2v) is 8.43. The molecule has 1 unspecified atom stereocenters. The molecule has 2 N–H and O–H groups in total. The SMILES string of the molecule is O=C(O)CC(NC(=O)[C@@H]1CCc2ccccc2N1C(=O)OCc1ccc(Cl)c(Cl)c1)C(=O)CF. The number of carboxylic acids is 1. The maximum Gasteiger partial charge on any atom is 0.415 e. The van der Waals surface area contributed by atoms with E-state index in [2.05, 4.69) is 5.32 Å². The summed E-state index contributed by atoms with van der Waals surface area (Å²) in [5.41, 5.74) is 1.82. The Morgan fingerprint density at radius 3 is 2.56 bits per heavy atom. The van der Waals surface area contributed by atoms with Gasteiger partial charge in [0.25, 0.3) is 0 Å². The van der Waals surface area contributed by atoms with Crippen molar-refractivity contribution in [1.29, 1.82) is 0 Å². The molecule has 2 aromatic carbocycles. The lowest BCUT2D eigenvalue weighted by atomic mass is 9.95. The molecule has 2 atom stereocenters. The summed E-state index contributed by atoms with van der Waals surface area (Å²) in [7, 11) is 0. The number of ether oxygens (including phenoxy) is 1. The van der Waals surface area contributed by atoms with Crippen molar-refractivity contribution in [2.24, 2.45) is 0 Å². The van der Waals surface area contributed by atoms with Crippen LogP contribution in [-0.4, -0.2) is 47.6 Å². The molecule has 11 heteroatoms. The van der Waals surface area contributed by atoms with Crippen molar-refractivity contribution in [2.45, 2.75) is 38.0 Å². The number of alkyl halides is 1. The van der Waals surface area contributed by atoms with Crippen molar-refractivity contribution in [3.63, 3.8) is 0 Å². The summed E-state index contributed by atoms with van der Waals surface area (Å²) >= 11 is 11.9. The van der Waals surface area contributed by atoms with Crippen molar-refractivity contribution >= 4 is 52.6 Å². The Labute approximate surface area is 204 Å². The Morgan fingerprint density at radius 2 is 1.88 bits per heavy atom. The minimum absolute atomic E-state index is 0.148. The van der Waals surface area contributed by atoms with Crippen LogP contribution in [0.1, 0.15) is 24.0 Å². The van der Waals surface area contributed by atoms with Crippen molar-refractivity contribution in [2.75, 3.05) is 11.6 Å². The molecule has 34 heavy (non-hydrogen) atoms. The summed E-state index contributed by atoms with van der Waals surface area (Å²) < 4.78 is 18.3. The van der Waals surface area contributed by atoms with E-state index in [1.165, 1.54) is 0 Å². The third kappa shape index (κ3) is 6.03. The fraction of sp³-hybridized carbons (Fsp3) is 0.304. The van der Waals surface area contributed by atoms with Gasteiger partial charge in [0.15, 0.2) is 5.78 Å². The number of fused-ring (bicyclic) bond motifs is 1. The number of carboxylic acid groups (broad SMARTS) is 1. The highest BCUT2D eigenvalue weighted by Gasteiger charge is 2.38. The number of hydrogen-bond donors (Lipinski definition) is 2. The molecule has 0 bridgehead atoms. The molecular weight excluding hydrogens is 490 g/mol.